The molecule has 0 fully saturated rings. The number of benzene rings is 2. The second kappa shape index (κ2) is 8.70. The van der Waals surface area contributed by atoms with Gasteiger partial charge in [-0.25, -0.2) is 8.42 Å². The highest BCUT2D eigenvalue weighted by molar-refractivity contribution is 7.99. The van der Waals surface area contributed by atoms with Gasteiger partial charge in [-0.3, -0.25) is 0 Å². The van der Waals surface area contributed by atoms with Gasteiger partial charge in [0.05, 0.1) is 4.90 Å². The highest BCUT2D eigenvalue weighted by atomic mass is 32.2. The molecule has 0 radical (unpaired) electrons. The van der Waals surface area contributed by atoms with Gasteiger partial charge in [-0.05, 0) is 56.2 Å². The number of rotatable bonds is 8. The molecule has 2 rings (SSSR count). The van der Waals surface area contributed by atoms with Crippen LogP contribution in [0.3, 0.4) is 0 Å². The molecule has 0 spiro atoms. The van der Waals surface area contributed by atoms with Crippen LogP contribution in [0.4, 0.5) is 0 Å². The lowest BCUT2D eigenvalue weighted by Crippen LogP contribution is -2.32. The van der Waals surface area contributed by atoms with Crippen LogP contribution in [0, 0.1) is 6.92 Å². The molecule has 0 saturated heterocycles. The van der Waals surface area contributed by atoms with Gasteiger partial charge in [0.25, 0.3) is 0 Å². The Labute approximate surface area is 150 Å². The first-order valence-electron chi connectivity index (χ1n) is 8.32. The second-order valence-electron chi connectivity index (χ2n) is 5.79. The third-order valence-corrected chi connectivity index (χ3v) is 6.59. The van der Waals surface area contributed by atoms with E-state index in [2.05, 4.69) is 31.2 Å². The zero-order chi connectivity index (χ0) is 17.6. The molecule has 0 amide bonds. The Bertz CT molecular complexity index is 732. The molecule has 0 aliphatic heterocycles. The molecule has 0 bridgehead atoms. The van der Waals surface area contributed by atoms with Crippen molar-refractivity contribution in [2.45, 2.75) is 48.3 Å². The molecule has 0 heterocycles. The Balaban J connectivity index is 2.16. The molecule has 0 aliphatic rings. The molecule has 0 aromatic heterocycles. The summed E-state index contributed by atoms with van der Waals surface area (Å²) in [5, 5.41) is 0. The van der Waals surface area contributed by atoms with E-state index in [0.717, 1.165) is 22.6 Å². The summed E-state index contributed by atoms with van der Waals surface area (Å²) in [4.78, 5) is 2.56. The number of aryl methyl sites for hydroxylation is 1. The van der Waals surface area contributed by atoms with Crippen LogP contribution in [0.25, 0.3) is 0 Å². The number of sulfonamides is 1. The predicted octanol–water partition coefficient (Wildman–Crippen LogP) is 4.96. The highest BCUT2D eigenvalue weighted by Crippen LogP contribution is 2.29. The van der Waals surface area contributed by atoms with Crippen LogP contribution in [-0.2, 0) is 10.0 Å². The molecule has 0 aliphatic carbocycles. The van der Waals surface area contributed by atoms with Crippen LogP contribution in [0.5, 0.6) is 0 Å². The monoisotopic (exact) mass is 363 g/mol. The Morgan fingerprint density at radius 2 is 1.29 bits per heavy atom. The van der Waals surface area contributed by atoms with Crippen molar-refractivity contribution in [2.75, 3.05) is 13.1 Å². The van der Waals surface area contributed by atoms with Gasteiger partial charge in [0.15, 0.2) is 0 Å². The molecule has 2 aromatic carbocycles. The van der Waals surface area contributed by atoms with E-state index in [-0.39, 0.29) is 0 Å². The summed E-state index contributed by atoms with van der Waals surface area (Å²) in [6.07, 6.45) is 1.64. The molecule has 0 saturated carbocycles. The van der Waals surface area contributed by atoms with Crippen molar-refractivity contribution in [1.29, 1.82) is 0 Å². The third-order valence-electron chi connectivity index (χ3n) is 3.66. The summed E-state index contributed by atoms with van der Waals surface area (Å²) in [5.41, 5.74) is 1.23. The molecular weight excluding hydrogens is 338 g/mol. The van der Waals surface area contributed by atoms with Crippen molar-refractivity contribution < 1.29 is 8.42 Å². The maximum atomic E-state index is 12.7. The largest absolute Gasteiger partial charge is 0.243 e. The van der Waals surface area contributed by atoms with Gasteiger partial charge < -0.3 is 0 Å². The molecule has 0 unspecified atom stereocenters. The van der Waals surface area contributed by atoms with Crippen molar-refractivity contribution in [1.82, 2.24) is 4.31 Å². The first-order chi connectivity index (χ1) is 11.5. The lowest BCUT2D eigenvalue weighted by atomic mass is 10.2. The topological polar surface area (TPSA) is 37.4 Å². The zero-order valence-electron chi connectivity index (χ0n) is 14.5. The standard InChI is InChI=1S/C19H25NO2S2/c1-4-14-20(15-5-2)24(21,22)19-12-10-18(11-13-19)23-17-8-6-16(3)7-9-17/h6-13H,4-5,14-15H2,1-3H3. The van der Waals surface area contributed by atoms with E-state index in [1.54, 1.807) is 28.2 Å². The fourth-order valence-corrected chi connectivity index (χ4v) is 4.86. The van der Waals surface area contributed by atoms with Crippen molar-refractivity contribution in [3.05, 3.63) is 54.1 Å². The first-order valence-corrected chi connectivity index (χ1v) is 10.6. The summed E-state index contributed by atoms with van der Waals surface area (Å²) < 4.78 is 27.1. The predicted molar refractivity (Wildman–Crippen MR) is 101 cm³/mol. The van der Waals surface area contributed by atoms with Gasteiger partial charge in [-0.1, -0.05) is 43.3 Å². The molecule has 2 aromatic rings. The zero-order valence-corrected chi connectivity index (χ0v) is 16.2. The normalized spacial score (nSPS) is 11.8. The van der Waals surface area contributed by atoms with Crippen LogP contribution in [-0.4, -0.2) is 25.8 Å². The molecule has 0 N–H and O–H groups in total. The van der Waals surface area contributed by atoms with E-state index >= 15 is 0 Å². The average Bonchev–Trinajstić information content (AvgIpc) is 2.57. The Morgan fingerprint density at radius 1 is 0.833 bits per heavy atom. The number of hydrogen-bond acceptors (Lipinski definition) is 3. The maximum absolute atomic E-state index is 12.7. The molecule has 24 heavy (non-hydrogen) atoms. The Kier molecular flexibility index (Phi) is 6.90. The molecule has 5 heteroatoms. The Morgan fingerprint density at radius 3 is 1.75 bits per heavy atom. The quantitative estimate of drug-likeness (QED) is 0.665. The number of nitrogens with zero attached hydrogens (tertiary/aromatic N) is 1. The average molecular weight is 364 g/mol. The summed E-state index contributed by atoms with van der Waals surface area (Å²) in [7, 11) is -3.40. The van der Waals surface area contributed by atoms with E-state index in [1.807, 2.05) is 26.0 Å². The van der Waals surface area contributed by atoms with Crippen LogP contribution in [0.1, 0.15) is 32.3 Å². The van der Waals surface area contributed by atoms with Crippen LogP contribution in [0.15, 0.2) is 63.2 Å². The van der Waals surface area contributed by atoms with Gasteiger partial charge in [-0.2, -0.15) is 4.31 Å². The third kappa shape index (κ3) is 4.85. The summed E-state index contributed by atoms with van der Waals surface area (Å²) in [6, 6.07) is 15.5. The van der Waals surface area contributed by atoms with Gasteiger partial charge in [0.1, 0.15) is 0 Å². The van der Waals surface area contributed by atoms with Gasteiger partial charge in [-0.15, -0.1) is 0 Å². The van der Waals surface area contributed by atoms with Gasteiger partial charge in [0.2, 0.25) is 10.0 Å². The van der Waals surface area contributed by atoms with Crippen LogP contribution < -0.4 is 0 Å². The summed E-state index contributed by atoms with van der Waals surface area (Å²) in [6.45, 7) is 7.19. The van der Waals surface area contributed by atoms with Crippen molar-refractivity contribution in [2.24, 2.45) is 0 Å². The van der Waals surface area contributed by atoms with E-state index in [4.69, 9.17) is 0 Å². The summed E-state index contributed by atoms with van der Waals surface area (Å²) in [5.74, 6) is 0. The minimum Gasteiger partial charge on any atom is -0.207 e. The number of hydrogen-bond donors (Lipinski definition) is 0. The highest BCUT2D eigenvalue weighted by Gasteiger charge is 2.22. The van der Waals surface area contributed by atoms with Crippen LogP contribution in [0.2, 0.25) is 0 Å². The molecular formula is C19H25NO2S2. The van der Waals surface area contributed by atoms with E-state index in [9.17, 15) is 8.42 Å². The Hall–Kier alpha value is -1.30. The van der Waals surface area contributed by atoms with Crippen LogP contribution >= 0.6 is 11.8 Å². The molecule has 3 nitrogen and oxygen atoms in total. The van der Waals surface area contributed by atoms with Crippen molar-refractivity contribution in [3.63, 3.8) is 0 Å². The van der Waals surface area contributed by atoms with Gasteiger partial charge in [0, 0.05) is 22.9 Å². The second-order valence-corrected chi connectivity index (χ2v) is 8.88. The van der Waals surface area contributed by atoms with Crippen molar-refractivity contribution >= 4 is 21.8 Å². The van der Waals surface area contributed by atoms with E-state index in [0.29, 0.717) is 18.0 Å². The fourth-order valence-electron chi connectivity index (χ4n) is 2.42. The van der Waals surface area contributed by atoms with Crippen molar-refractivity contribution in [3.8, 4) is 0 Å². The molecule has 0 atom stereocenters. The lowest BCUT2D eigenvalue weighted by Gasteiger charge is -2.21. The summed E-state index contributed by atoms with van der Waals surface area (Å²) >= 11 is 1.64. The van der Waals surface area contributed by atoms with Gasteiger partial charge >= 0.3 is 0 Å². The SMILES string of the molecule is CCCN(CCC)S(=O)(=O)c1ccc(Sc2ccc(C)cc2)cc1. The van der Waals surface area contributed by atoms with E-state index < -0.39 is 10.0 Å². The molecule has 130 valence electrons. The smallest absolute Gasteiger partial charge is 0.207 e. The fraction of sp³-hybridized carbons (Fsp3) is 0.368. The lowest BCUT2D eigenvalue weighted by molar-refractivity contribution is 0.410. The maximum Gasteiger partial charge on any atom is 0.243 e. The van der Waals surface area contributed by atoms with E-state index in [1.165, 1.54) is 5.56 Å². The minimum atomic E-state index is -3.40. The first kappa shape index (κ1) is 19.0. The minimum absolute atomic E-state index is 0.373.